The number of ether oxygens (including phenoxy) is 2. The molecule has 0 saturated heterocycles. The second-order valence-electron chi connectivity index (χ2n) is 5.83. The van der Waals surface area contributed by atoms with E-state index in [4.69, 9.17) is 21.1 Å². The molecule has 0 aliphatic carbocycles. The van der Waals surface area contributed by atoms with E-state index in [0.29, 0.717) is 22.9 Å². The van der Waals surface area contributed by atoms with Crippen molar-refractivity contribution in [3.05, 3.63) is 64.7 Å². The summed E-state index contributed by atoms with van der Waals surface area (Å²) in [4.78, 5) is 36.3. The van der Waals surface area contributed by atoms with Gasteiger partial charge in [-0.2, -0.15) is 0 Å². The van der Waals surface area contributed by atoms with Gasteiger partial charge < -0.3 is 14.8 Å². The van der Waals surface area contributed by atoms with Crippen molar-refractivity contribution in [1.29, 1.82) is 0 Å². The van der Waals surface area contributed by atoms with Gasteiger partial charge in [-0.1, -0.05) is 41.9 Å². The van der Waals surface area contributed by atoms with Gasteiger partial charge in [0.05, 0.1) is 0 Å². The number of halogens is 1. The van der Waals surface area contributed by atoms with Gasteiger partial charge in [0.2, 0.25) is 6.10 Å². The third-order valence-electron chi connectivity index (χ3n) is 3.65. The molecule has 0 spiro atoms. The lowest BCUT2D eigenvalue weighted by Gasteiger charge is -2.18. The molecule has 0 radical (unpaired) electrons. The van der Waals surface area contributed by atoms with E-state index in [-0.39, 0.29) is 0 Å². The third kappa shape index (κ3) is 6.28. The van der Waals surface area contributed by atoms with Gasteiger partial charge in [-0.15, -0.1) is 0 Å². The highest BCUT2D eigenvalue weighted by Crippen LogP contribution is 2.22. The van der Waals surface area contributed by atoms with E-state index < -0.39 is 30.6 Å². The molecular weight excluding hydrogens is 384 g/mol. The number of carbonyl (C=O) groups excluding carboxylic acids is 3. The van der Waals surface area contributed by atoms with Crippen molar-refractivity contribution in [3.63, 3.8) is 0 Å². The number of urea groups is 1. The predicted octanol–water partition coefficient (Wildman–Crippen LogP) is 3.16. The summed E-state index contributed by atoms with van der Waals surface area (Å²) in [5.74, 6) is -1.04. The van der Waals surface area contributed by atoms with E-state index in [1.807, 2.05) is 0 Å². The molecule has 0 aliphatic heterocycles. The number of amides is 3. The number of aryl methyl sites for hydroxylation is 1. The molecular formula is C20H21ClN2O5. The van der Waals surface area contributed by atoms with Crippen LogP contribution in [-0.4, -0.2) is 31.1 Å². The lowest BCUT2D eigenvalue weighted by Crippen LogP contribution is -2.42. The molecule has 0 unspecified atom stereocenters. The lowest BCUT2D eigenvalue weighted by atomic mass is 10.1. The molecule has 8 heteroatoms. The molecule has 2 aromatic rings. The highest BCUT2D eigenvalue weighted by atomic mass is 35.5. The Labute approximate surface area is 168 Å². The van der Waals surface area contributed by atoms with Crippen LogP contribution in [0.5, 0.6) is 5.75 Å². The van der Waals surface area contributed by atoms with Gasteiger partial charge in [0.15, 0.2) is 6.61 Å². The average molecular weight is 405 g/mol. The second-order valence-corrected chi connectivity index (χ2v) is 6.26. The standard InChI is InChI=1S/C20H21ClN2O5/c1-3-22-20(26)23-19(25)18(14-7-5-4-6-8-14)28-17(24)12-27-16-10-9-15(21)11-13(16)2/h4-11,18H,3,12H2,1-2H3,(H2,22,23,25,26)/t18-/m1/s1. The normalized spacial score (nSPS) is 11.2. The fraction of sp³-hybridized carbons (Fsp3) is 0.250. The van der Waals surface area contributed by atoms with Gasteiger partial charge in [0.1, 0.15) is 5.75 Å². The molecule has 148 valence electrons. The predicted molar refractivity (Wildman–Crippen MR) is 104 cm³/mol. The molecule has 0 saturated carbocycles. The van der Waals surface area contributed by atoms with Crippen LogP contribution in [-0.2, 0) is 14.3 Å². The third-order valence-corrected chi connectivity index (χ3v) is 3.88. The van der Waals surface area contributed by atoms with E-state index in [1.165, 1.54) is 0 Å². The van der Waals surface area contributed by atoms with Crippen molar-refractivity contribution in [2.75, 3.05) is 13.2 Å². The zero-order valence-electron chi connectivity index (χ0n) is 15.5. The van der Waals surface area contributed by atoms with Crippen LogP contribution in [0.15, 0.2) is 48.5 Å². The van der Waals surface area contributed by atoms with Crippen LogP contribution < -0.4 is 15.4 Å². The molecule has 0 aromatic heterocycles. The Morgan fingerprint density at radius 3 is 2.46 bits per heavy atom. The Kier molecular flexibility index (Phi) is 7.83. The van der Waals surface area contributed by atoms with Gasteiger partial charge in [-0.3, -0.25) is 10.1 Å². The van der Waals surface area contributed by atoms with Crippen LogP contribution in [0.25, 0.3) is 0 Å². The van der Waals surface area contributed by atoms with Gasteiger partial charge in [-0.25, -0.2) is 9.59 Å². The van der Waals surface area contributed by atoms with Crippen molar-refractivity contribution in [2.24, 2.45) is 0 Å². The average Bonchev–Trinajstić information content (AvgIpc) is 2.66. The summed E-state index contributed by atoms with van der Waals surface area (Å²) < 4.78 is 10.7. The van der Waals surface area contributed by atoms with E-state index >= 15 is 0 Å². The molecule has 2 N–H and O–H groups in total. The molecule has 7 nitrogen and oxygen atoms in total. The molecule has 0 aliphatic rings. The maximum atomic E-state index is 12.4. The SMILES string of the molecule is CCNC(=O)NC(=O)[C@H](OC(=O)COc1ccc(Cl)cc1C)c1ccccc1. The molecule has 1 atom stereocenters. The summed E-state index contributed by atoms with van der Waals surface area (Å²) >= 11 is 5.89. The van der Waals surface area contributed by atoms with Crippen LogP contribution in [0.3, 0.4) is 0 Å². The Hall–Kier alpha value is -3.06. The minimum atomic E-state index is -1.29. The summed E-state index contributed by atoms with van der Waals surface area (Å²) in [6, 6.07) is 12.7. The molecule has 2 aromatic carbocycles. The summed E-state index contributed by atoms with van der Waals surface area (Å²) in [7, 11) is 0. The van der Waals surface area contributed by atoms with E-state index in [0.717, 1.165) is 5.56 Å². The van der Waals surface area contributed by atoms with Crippen LogP contribution in [0.4, 0.5) is 4.79 Å². The number of benzene rings is 2. The van der Waals surface area contributed by atoms with Gasteiger partial charge in [0.25, 0.3) is 5.91 Å². The number of nitrogens with one attached hydrogen (secondary N) is 2. The number of rotatable bonds is 7. The number of imide groups is 1. The zero-order valence-corrected chi connectivity index (χ0v) is 16.3. The monoisotopic (exact) mass is 404 g/mol. The Morgan fingerprint density at radius 1 is 1.11 bits per heavy atom. The zero-order chi connectivity index (χ0) is 20.5. The largest absolute Gasteiger partial charge is 0.482 e. The van der Waals surface area contributed by atoms with Gasteiger partial charge in [0, 0.05) is 17.1 Å². The first-order chi connectivity index (χ1) is 13.4. The minimum absolute atomic E-state index is 0.350. The first-order valence-corrected chi connectivity index (χ1v) is 9.00. The summed E-state index contributed by atoms with van der Waals surface area (Å²) in [6.45, 7) is 3.46. The lowest BCUT2D eigenvalue weighted by molar-refractivity contribution is -0.158. The molecule has 3 amide bonds. The second kappa shape index (κ2) is 10.3. The number of hydrogen-bond donors (Lipinski definition) is 2. The molecule has 0 fully saturated rings. The minimum Gasteiger partial charge on any atom is -0.482 e. The van der Waals surface area contributed by atoms with Gasteiger partial charge in [-0.05, 0) is 37.6 Å². The van der Waals surface area contributed by atoms with E-state index in [2.05, 4.69) is 10.6 Å². The van der Waals surface area contributed by atoms with E-state index in [9.17, 15) is 14.4 Å². The molecule has 0 bridgehead atoms. The van der Waals surface area contributed by atoms with Crippen LogP contribution in [0.2, 0.25) is 5.02 Å². The van der Waals surface area contributed by atoms with Crippen molar-refractivity contribution in [1.82, 2.24) is 10.6 Å². The number of hydrogen-bond acceptors (Lipinski definition) is 5. The van der Waals surface area contributed by atoms with Crippen LogP contribution in [0.1, 0.15) is 24.2 Å². The number of esters is 1. The van der Waals surface area contributed by atoms with Crippen LogP contribution >= 0.6 is 11.6 Å². The molecule has 28 heavy (non-hydrogen) atoms. The molecule has 2 rings (SSSR count). The van der Waals surface area contributed by atoms with E-state index in [1.54, 1.807) is 62.4 Å². The summed E-state index contributed by atoms with van der Waals surface area (Å²) in [5, 5.41) is 5.15. The number of carbonyl (C=O) groups is 3. The topological polar surface area (TPSA) is 93.7 Å². The first-order valence-electron chi connectivity index (χ1n) is 8.62. The fourth-order valence-corrected chi connectivity index (χ4v) is 2.59. The molecule has 0 heterocycles. The van der Waals surface area contributed by atoms with Gasteiger partial charge >= 0.3 is 12.0 Å². The quantitative estimate of drug-likeness (QED) is 0.691. The fourth-order valence-electron chi connectivity index (χ4n) is 2.36. The Bertz CT molecular complexity index is 842. The maximum absolute atomic E-state index is 12.4. The highest BCUT2D eigenvalue weighted by Gasteiger charge is 2.26. The van der Waals surface area contributed by atoms with Crippen molar-refractivity contribution in [3.8, 4) is 5.75 Å². The summed E-state index contributed by atoms with van der Waals surface area (Å²) in [6.07, 6.45) is -1.29. The summed E-state index contributed by atoms with van der Waals surface area (Å²) in [5.41, 5.74) is 1.19. The Balaban J connectivity index is 2.05. The maximum Gasteiger partial charge on any atom is 0.345 e. The van der Waals surface area contributed by atoms with Crippen molar-refractivity contribution in [2.45, 2.75) is 20.0 Å². The highest BCUT2D eigenvalue weighted by molar-refractivity contribution is 6.30. The first kappa shape index (κ1) is 21.2. The van der Waals surface area contributed by atoms with Crippen molar-refractivity contribution >= 4 is 29.5 Å². The Morgan fingerprint density at radius 2 is 1.82 bits per heavy atom. The van der Waals surface area contributed by atoms with Crippen molar-refractivity contribution < 1.29 is 23.9 Å². The van der Waals surface area contributed by atoms with Crippen LogP contribution in [0, 0.1) is 6.92 Å². The smallest absolute Gasteiger partial charge is 0.345 e.